The van der Waals surface area contributed by atoms with Gasteiger partial charge in [-0.15, -0.1) is 0 Å². The molecule has 1 saturated carbocycles. The zero-order chi connectivity index (χ0) is 13.5. The van der Waals surface area contributed by atoms with E-state index in [1.54, 1.807) is 0 Å². The van der Waals surface area contributed by atoms with Gasteiger partial charge in [0, 0.05) is 32.2 Å². The molecule has 0 bridgehead atoms. The van der Waals surface area contributed by atoms with Crippen molar-refractivity contribution in [2.45, 2.75) is 51.9 Å². The normalized spacial score (nSPS) is 24.5. The lowest BCUT2D eigenvalue weighted by Crippen LogP contribution is -2.30. The van der Waals surface area contributed by atoms with Crippen LogP contribution in [0.2, 0.25) is 0 Å². The van der Waals surface area contributed by atoms with Gasteiger partial charge in [0.2, 0.25) is 0 Å². The van der Waals surface area contributed by atoms with E-state index in [4.69, 9.17) is 9.47 Å². The minimum atomic E-state index is -0.0333. The Hall–Kier alpha value is -0.160. The topological polar surface area (TPSA) is 33.7 Å². The van der Waals surface area contributed by atoms with Crippen LogP contribution in [0.5, 0.6) is 0 Å². The van der Waals surface area contributed by atoms with E-state index in [0.29, 0.717) is 0 Å². The summed E-state index contributed by atoms with van der Waals surface area (Å²) in [6, 6.07) is 0.935. The summed E-state index contributed by atoms with van der Waals surface area (Å²) in [6.07, 6.45) is 5.15. The van der Waals surface area contributed by atoms with Gasteiger partial charge in [0.25, 0.3) is 0 Å². The Morgan fingerprint density at radius 3 is 2.53 bits per heavy atom. The molecular formula is C15H30N2O2. The lowest BCUT2D eigenvalue weighted by molar-refractivity contribution is -0.138. The predicted molar refractivity (Wildman–Crippen MR) is 77.2 cm³/mol. The first-order valence-electron chi connectivity index (χ1n) is 8.01. The molecule has 0 aromatic rings. The molecule has 1 aliphatic carbocycles. The molecule has 1 saturated heterocycles. The molecule has 2 fully saturated rings. The van der Waals surface area contributed by atoms with Gasteiger partial charge >= 0.3 is 0 Å². The SMILES string of the molecule is CCOC(CCNCC1CCN(C2CC2)C1)OCC. The van der Waals surface area contributed by atoms with E-state index in [2.05, 4.69) is 10.2 Å². The molecule has 112 valence electrons. The number of nitrogens with one attached hydrogen (secondary N) is 1. The molecule has 4 nitrogen and oxygen atoms in total. The zero-order valence-electron chi connectivity index (χ0n) is 12.6. The highest BCUT2D eigenvalue weighted by Crippen LogP contribution is 2.31. The first-order valence-corrected chi connectivity index (χ1v) is 8.01. The second-order valence-electron chi connectivity index (χ2n) is 5.71. The van der Waals surface area contributed by atoms with Crippen LogP contribution in [0.3, 0.4) is 0 Å². The smallest absolute Gasteiger partial charge is 0.158 e. The standard InChI is InChI=1S/C15H30N2O2/c1-3-18-15(19-4-2)7-9-16-11-13-8-10-17(12-13)14-5-6-14/h13-16H,3-12H2,1-2H3. The molecule has 2 aliphatic rings. The Kier molecular flexibility index (Phi) is 6.57. The molecule has 1 unspecified atom stereocenters. The summed E-state index contributed by atoms with van der Waals surface area (Å²) in [4.78, 5) is 2.68. The summed E-state index contributed by atoms with van der Waals surface area (Å²) in [5, 5.41) is 3.57. The van der Waals surface area contributed by atoms with Crippen LogP contribution >= 0.6 is 0 Å². The molecule has 4 heteroatoms. The second kappa shape index (κ2) is 8.20. The summed E-state index contributed by atoms with van der Waals surface area (Å²) >= 11 is 0. The van der Waals surface area contributed by atoms with Crippen molar-refractivity contribution in [1.29, 1.82) is 0 Å². The number of nitrogens with zero attached hydrogens (tertiary/aromatic N) is 1. The number of rotatable bonds is 10. The van der Waals surface area contributed by atoms with Crippen LogP contribution in [0.1, 0.15) is 39.5 Å². The highest BCUT2D eigenvalue weighted by atomic mass is 16.7. The van der Waals surface area contributed by atoms with E-state index in [0.717, 1.165) is 44.7 Å². The minimum Gasteiger partial charge on any atom is -0.353 e. The fourth-order valence-corrected chi connectivity index (χ4v) is 2.91. The lowest BCUT2D eigenvalue weighted by Gasteiger charge is -2.18. The molecule has 0 aromatic heterocycles. The highest BCUT2D eigenvalue weighted by molar-refractivity contribution is 4.89. The summed E-state index contributed by atoms with van der Waals surface area (Å²) in [7, 11) is 0. The maximum absolute atomic E-state index is 5.54. The third-order valence-corrected chi connectivity index (χ3v) is 4.08. The molecule has 1 aliphatic heterocycles. The molecule has 0 amide bonds. The van der Waals surface area contributed by atoms with Crippen molar-refractivity contribution in [3.8, 4) is 0 Å². The molecule has 0 spiro atoms. The Balaban J connectivity index is 1.51. The average Bonchev–Trinajstić information content (AvgIpc) is 3.15. The molecule has 1 atom stereocenters. The average molecular weight is 270 g/mol. The fraction of sp³-hybridized carbons (Fsp3) is 1.00. The van der Waals surface area contributed by atoms with Crippen molar-refractivity contribution >= 4 is 0 Å². The first-order chi connectivity index (χ1) is 9.33. The largest absolute Gasteiger partial charge is 0.353 e. The fourth-order valence-electron chi connectivity index (χ4n) is 2.91. The van der Waals surface area contributed by atoms with Gasteiger partial charge in [0.1, 0.15) is 0 Å². The third-order valence-electron chi connectivity index (χ3n) is 4.08. The van der Waals surface area contributed by atoms with Crippen molar-refractivity contribution in [3.05, 3.63) is 0 Å². The van der Waals surface area contributed by atoms with Crippen LogP contribution in [0, 0.1) is 5.92 Å². The van der Waals surface area contributed by atoms with Gasteiger partial charge < -0.3 is 19.7 Å². The van der Waals surface area contributed by atoms with Gasteiger partial charge in [-0.25, -0.2) is 0 Å². The third kappa shape index (κ3) is 5.38. The Morgan fingerprint density at radius 2 is 1.89 bits per heavy atom. The Bertz CT molecular complexity index is 240. The number of hydrogen-bond acceptors (Lipinski definition) is 4. The summed E-state index contributed by atoms with van der Waals surface area (Å²) in [5.41, 5.74) is 0. The monoisotopic (exact) mass is 270 g/mol. The highest BCUT2D eigenvalue weighted by Gasteiger charge is 2.33. The molecule has 0 aromatic carbocycles. The van der Waals surface area contributed by atoms with Crippen LogP contribution in [0.15, 0.2) is 0 Å². The van der Waals surface area contributed by atoms with Crippen LogP contribution < -0.4 is 5.32 Å². The van der Waals surface area contributed by atoms with Gasteiger partial charge in [-0.3, -0.25) is 0 Å². The maximum atomic E-state index is 5.54. The number of ether oxygens (including phenoxy) is 2. The van der Waals surface area contributed by atoms with E-state index in [9.17, 15) is 0 Å². The second-order valence-corrected chi connectivity index (χ2v) is 5.71. The zero-order valence-corrected chi connectivity index (χ0v) is 12.6. The van der Waals surface area contributed by atoms with E-state index in [1.807, 2.05) is 13.8 Å². The lowest BCUT2D eigenvalue weighted by atomic mass is 10.1. The van der Waals surface area contributed by atoms with Gasteiger partial charge in [0.15, 0.2) is 6.29 Å². The van der Waals surface area contributed by atoms with Crippen LogP contribution in [-0.4, -0.2) is 56.6 Å². The summed E-state index contributed by atoms with van der Waals surface area (Å²) < 4.78 is 11.1. The van der Waals surface area contributed by atoms with E-state index < -0.39 is 0 Å². The van der Waals surface area contributed by atoms with Gasteiger partial charge in [-0.1, -0.05) is 0 Å². The van der Waals surface area contributed by atoms with Crippen molar-refractivity contribution in [3.63, 3.8) is 0 Å². The maximum Gasteiger partial charge on any atom is 0.158 e. The molecule has 1 heterocycles. The minimum absolute atomic E-state index is 0.0333. The number of likely N-dealkylation sites (tertiary alicyclic amines) is 1. The Labute approximate surface area is 117 Å². The van der Waals surface area contributed by atoms with Gasteiger partial charge in [-0.05, 0) is 58.7 Å². The quantitative estimate of drug-likeness (QED) is 0.485. The van der Waals surface area contributed by atoms with Crippen LogP contribution in [-0.2, 0) is 9.47 Å². The summed E-state index contributed by atoms with van der Waals surface area (Å²) in [6.45, 7) is 10.2. The molecule has 19 heavy (non-hydrogen) atoms. The van der Waals surface area contributed by atoms with E-state index in [-0.39, 0.29) is 6.29 Å². The predicted octanol–water partition coefficient (Wildman–Crippen LogP) is 1.85. The van der Waals surface area contributed by atoms with Crippen molar-refractivity contribution in [2.24, 2.45) is 5.92 Å². The molecule has 1 N–H and O–H groups in total. The van der Waals surface area contributed by atoms with Gasteiger partial charge in [0.05, 0.1) is 0 Å². The van der Waals surface area contributed by atoms with Crippen molar-refractivity contribution in [1.82, 2.24) is 10.2 Å². The number of hydrogen-bond donors (Lipinski definition) is 1. The van der Waals surface area contributed by atoms with E-state index >= 15 is 0 Å². The first kappa shape index (κ1) is 15.2. The molecule has 2 rings (SSSR count). The Morgan fingerprint density at radius 1 is 1.16 bits per heavy atom. The van der Waals surface area contributed by atoms with E-state index in [1.165, 1.54) is 32.4 Å². The molecule has 0 radical (unpaired) electrons. The molecular weight excluding hydrogens is 240 g/mol. The van der Waals surface area contributed by atoms with Crippen molar-refractivity contribution < 1.29 is 9.47 Å². The van der Waals surface area contributed by atoms with Crippen molar-refractivity contribution in [2.75, 3.05) is 39.4 Å². The van der Waals surface area contributed by atoms with Gasteiger partial charge in [-0.2, -0.15) is 0 Å². The van der Waals surface area contributed by atoms with Crippen LogP contribution in [0.4, 0.5) is 0 Å². The van der Waals surface area contributed by atoms with Crippen LogP contribution in [0.25, 0.3) is 0 Å². The summed E-state index contributed by atoms with van der Waals surface area (Å²) in [5.74, 6) is 0.846.